The topological polar surface area (TPSA) is 3.24 Å². The maximum absolute atomic E-state index is 2.50. The summed E-state index contributed by atoms with van der Waals surface area (Å²) in [5.41, 5.74) is 17.4. The number of nitrogens with zero attached hydrogens (tertiary/aromatic N) is 1. The van der Waals surface area contributed by atoms with Crippen LogP contribution >= 0.6 is 11.3 Å². The highest BCUT2D eigenvalue weighted by atomic mass is 32.1. The Bertz CT molecular complexity index is 3750. The second kappa shape index (κ2) is 16.0. The minimum atomic E-state index is -0.544. The van der Waals surface area contributed by atoms with E-state index in [2.05, 4.69) is 266 Å². The van der Waals surface area contributed by atoms with Gasteiger partial charge in [-0.2, -0.15) is 0 Å². The molecule has 0 radical (unpaired) electrons. The summed E-state index contributed by atoms with van der Waals surface area (Å²) in [7, 11) is 0. The van der Waals surface area contributed by atoms with Gasteiger partial charge in [-0.25, -0.2) is 0 Å². The molecule has 0 N–H and O–H groups in total. The van der Waals surface area contributed by atoms with Crippen LogP contribution in [0.5, 0.6) is 0 Å². The first-order valence-electron chi connectivity index (χ1n) is 23.1. The van der Waals surface area contributed by atoms with Crippen LogP contribution in [-0.4, -0.2) is 0 Å². The van der Waals surface area contributed by atoms with Crippen LogP contribution in [0.3, 0.4) is 0 Å². The van der Waals surface area contributed by atoms with E-state index < -0.39 is 5.41 Å². The number of hydrogen-bond donors (Lipinski definition) is 0. The van der Waals surface area contributed by atoms with Crippen molar-refractivity contribution in [3.63, 3.8) is 0 Å². The molecular formula is C65H43NS. The van der Waals surface area contributed by atoms with Crippen LogP contribution in [0.25, 0.3) is 75.5 Å². The van der Waals surface area contributed by atoms with Gasteiger partial charge in [0.1, 0.15) is 0 Å². The lowest BCUT2D eigenvalue weighted by atomic mass is 9.67. The molecular weight excluding hydrogens is 827 g/mol. The zero-order chi connectivity index (χ0) is 44.3. The zero-order valence-electron chi connectivity index (χ0n) is 36.7. The molecule has 0 fully saturated rings. The minimum Gasteiger partial charge on any atom is -0.310 e. The van der Waals surface area contributed by atoms with Gasteiger partial charge in [-0.15, -0.1) is 11.3 Å². The predicted molar refractivity (Wildman–Crippen MR) is 285 cm³/mol. The van der Waals surface area contributed by atoms with Crippen molar-refractivity contribution >= 4 is 59.3 Å². The van der Waals surface area contributed by atoms with Gasteiger partial charge < -0.3 is 4.90 Å². The molecule has 13 rings (SSSR count). The van der Waals surface area contributed by atoms with Crippen LogP contribution in [0.15, 0.2) is 261 Å². The van der Waals surface area contributed by atoms with Gasteiger partial charge in [-0.1, -0.05) is 212 Å². The molecule has 0 saturated heterocycles. The fraction of sp³-hybridized carbons (Fsp3) is 0.0154. The van der Waals surface area contributed by atoms with Gasteiger partial charge in [0.25, 0.3) is 0 Å². The van der Waals surface area contributed by atoms with Gasteiger partial charge in [-0.3, -0.25) is 0 Å². The van der Waals surface area contributed by atoms with Crippen molar-refractivity contribution in [1.29, 1.82) is 0 Å². The van der Waals surface area contributed by atoms with E-state index in [4.69, 9.17) is 0 Å². The summed E-state index contributed by atoms with van der Waals surface area (Å²) in [6, 6.07) is 96.6. The Hall–Kier alpha value is -8.30. The SMILES string of the molecule is c1ccc(-c2ccc(-c3cccc4ccccc34)cc2N(c2ccc(-c3ccc4sc5ccccc5c4c3)cc2)c2ccc3c(c2)C(c2ccccc2)(c2ccccc2)c2ccccc2-3)cc1. The summed E-state index contributed by atoms with van der Waals surface area (Å²) in [5, 5.41) is 5.08. The van der Waals surface area contributed by atoms with Crippen LogP contribution in [-0.2, 0) is 5.41 Å². The van der Waals surface area contributed by atoms with Crippen LogP contribution in [0.1, 0.15) is 22.3 Å². The van der Waals surface area contributed by atoms with Gasteiger partial charge in [0.15, 0.2) is 0 Å². The predicted octanol–water partition coefficient (Wildman–Crippen LogP) is 18.0. The fourth-order valence-corrected chi connectivity index (χ4v) is 12.0. The van der Waals surface area contributed by atoms with Gasteiger partial charge >= 0.3 is 0 Å². The quantitative estimate of drug-likeness (QED) is 0.147. The molecule has 0 aliphatic heterocycles. The molecule has 1 aromatic heterocycles. The van der Waals surface area contributed by atoms with Gasteiger partial charge in [-0.05, 0) is 121 Å². The van der Waals surface area contributed by atoms with Crippen molar-refractivity contribution in [2.75, 3.05) is 4.90 Å². The second-order valence-corrected chi connectivity index (χ2v) is 18.7. The van der Waals surface area contributed by atoms with Gasteiger partial charge in [0, 0.05) is 37.1 Å². The lowest BCUT2D eigenvalue weighted by Crippen LogP contribution is -2.28. The number of fused-ring (bicyclic) bond motifs is 7. The molecule has 2 heteroatoms. The molecule has 1 nitrogen and oxygen atoms in total. The normalized spacial score (nSPS) is 12.6. The lowest BCUT2D eigenvalue weighted by Gasteiger charge is -2.35. The maximum atomic E-state index is 2.50. The zero-order valence-corrected chi connectivity index (χ0v) is 37.5. The number of rotatable bonds is 8. The fourth-order valence-electron chi connectivity index (χ4n) is 10.9. The average Bonchev–Trinajstić information content (AvgIpc) is 3.93. The smallest absolute Gasteiger partial charge is 0.0714 e. The van der Waals surface area contributed by atoms with Crippen molar-refractivity contribution < 1.29 is 0 Å². The molecule has 0 spiro atoms. The highest BCUT2D eigenvalue weighted by molar-refractivity contribution is 7.25. The highest BCUT2D eigenvalue weighted by Gasteiger charge is 2.46. The van der Waals surface area contributed by atoms with E-state index in [1.165, 1.54) is 86.6 Å². The summed E-state index contributed by atoms with van der Waals surface area (Å²) in [6.45, 7) is 0. The molecule has 0 saturated carbocycles. The molecule has 1 aliphatic carbocycles. The summed E-state index contributed by atoms with van der Waals surface area (Å²) >= 11 is 1.86. The molecule has 11 aromatic carbocycles. The van der Waals surface area contributed by atoms with Crippen LogP contribution in [0.2, 0.25) is 0 Å². The van der Waals surface area contributed by atoms with Gasteiger partial charge in [0.05, 0.1) is 11.1 Å². The van der Waals surface area contributed by atoms with E-state index in [0.29, 0.717) is 0 Å². The van der Waals surface area contributed by atoms with E-state index >= 15 is 0 Å². The Morgan fingerprint density at radius 2 is 0.866 bits per heavy atom. The van der Waals surface area contributed by atoms with Crippen LogP contribution < -0.4 is 4.90 Å². The van der Waals surface area contributed by atoms with E-state index in [1.807, 2.05) is 11.3 Å². The van der Waals surface area contributed by atoms with Crippen molar-refractivity contribution in [1.82, 2.24) is 0 Å². The molecule has 0 amide bonds. The van der Waals surface area contributed by atoms with E-state index in [9.17, 15) is 0 Å². The van der Waals surface area contributed by atoms with Crippen molar-refractivity contribution in [2.24, 2.45) is 0 Å². The summed E-state index contributed by atoms with van der Waals surface area (Å²) < 4.78 is 2.63. The Balaban J connectivity index is 1.06. The first-order valence-corrected chi connectivity index (χ1v) is 23.9. The number of hydrogen-bond acceptors (Lipinski definition) is 2. The first kappa shape index (κ1) is 39.1. The molecule has 12 aromatic rings. The largest absolute Gasteiger partial charge is 0.310 e. The number of anilines is 3. The Morgan fingerprint density at radius 3 is 1.66 bits per heavy atom. The summed E-state index contributed by atoms with van der Waals surface area (Å²) in [4.78, 5) is 2.50. The van der Waals surface area contributed by atoms with Crippen molar-refractivity contribution in [3.8, 4) is 44.5 Å². The Morgan fingerprint density at radius 1 is 0.299 bits per heavy atom. The van der Waals surface area contributed by atoms with Crippen LogP contribution in [0.4, 0.5) is 17.1 Å². The third-order valence-electron chi connectivity index (χ3n) is 14.0. The highest BCUT2D eigenvalue weighted by Crippen LogP contribution is 2.57. The molecule has 67 heavy (non-hydrogen) atoms. The average molecular weight is 870 g/mol. The Kier molecular flexibility index (Phi) is 9.33. The summed E-state index contributed by atoms with van der Waals surface area (Å²) in [6.07, 6.45) is 0. The van der Waals surface area contributed by atoms with Gasteiger partial charge in [0.2, 0.25) is 0 Å². The Labute approximate surface area is 395 Å². The van der Waals surface area contributed by atoms with E-state index in [-0.39, 0.29) is 0 Å². The van der Waals surface area contributed by atoms with E-state index in [1.54, 1.807) is 0 Å². The first-order chi connectivity index (χ1) is 33.2. The molecule has 0 unspecified atom stereocenters. The van der Waals surface area contributed by atoms with Crippen LogP contribution in [0, 0.1) is 0 Å². The molecule has 314 valence electrons. The number of thiophene rings is 1. The second-order valence-electron chi connectivity index (χ2n) is 17.6. The number of benzene rings is 11. The van der Waals surface area contributed by atoms with Crippen molar-refractivity contribution in [3.05, 3.63) is 283 Å². The van der Waals surface area contributed by atoms with Crippen molar-refractivity contribution in [2.45, 2.75) is 5.41 Å². The molecule has 1 aliphatic rings. The molecule has 0 atom stereocenters. The minimum absolute atomic E-state index is 0.544. The lowest BCUT2D eigenvalue weighted by molar-refractivity contribution is 0.768. The third-order valence-corrected chi connectivity index (χ3v) is 15.1. The summed E-state index contributed by atoms with van der Waals surface area (Å²) in [5.74, 6) is 0. The monoisotopic (exact) mass is 869 g/mol. The van der Waals surface area contributed by atoms with E-state index in [0.717, 1.165) is 28.2 Å². The molecule has 1 heterocycles. The third kappa shape index (κ3) is 6.37. The standard InChI is InChI=1S/C65H43NS/c1-4-17-46(18-5-1)55-38-33-48(54-28-16-20-45-19-10-11-25-53(45)54)42-62(55)66(51-35-31-44(32-36-51)47-34-40-64-59(41-47)58-27-13-15-30-63(58)67-64)52-37-39-57-56-26-12-14-29-60(56)65(61(57)43-52,49-21-6-2-7-22-49)50-23-8-3-9-24-50/h1-43H. The maximum Gasteiger partial charge on any atom is 0.0714 e. The molecule has 0 bridgehead atoms.